The van der Waals surface area contributed by atoms with Crippen molar-refractivity contribution in [3.8, 4) is 0 Å². The molecule has 3 amide bonds. The highest BCUT2D eigenvalue weighted by atomic mass is 32.1. The van der Waals surface area contributed by atoms with Crippen LogP contribution in [0.2, 0.25) is 0 Å². The molecule has 0 saturated heterocycles. The van der Waals surface area contributed by atoms with E-state index in [1.165, 1.54) is 18.4 Å². The lowest BCUT2D eigenvalue weighted by molar-refractivity contribution is -0.116. The average molecular weight is 386 g/mol. The van der Waals surface area contributed by atoms with Gasteiger partial charge < -0.3 is 10.1 Å². The summed E-state index contributed by atoms with van der Waals surface area (Å²) in [5, 5.41) is 5.60. The topological polar surface area (TPSA) is 84.5 Å². The van der Waals surface area contributed by atoms with Crippen LogP contribution in [-0.4, -0.2) is 25.0 Å². The van der Waals surface area contributed by atoms with E-state index in [1.54, 1.807) is 0 Å². The number of imide groups is 1. The Morgan fingerprint density at radius 3 is 2.59 bits per heavy atom. The van der Waals surface area contributed by atoms with E-state index in [-0.39, 0.29) is 5.91 Å². The normalized spacial score (nSPS) is 12.8. The van der Waals surface area contributed by atoms with E-state index in [4.69, 9.17) is 0 Å². The fourth-order valence-electron chi connectivity index (χ4n) is 3.19. The maximum Gasteiger partial charge on any atom is 0.413 e. The Morgan fingerprint density at radius 1 is 1.11 bits per heavy atom. The average Bonchev–Trinajstić information content (AvgIpc) is 3.04. The first-order valence-electron chi connectivity index (χ1n) is 8.96. The van der Waals surface area contributed by atoms with Gasteiger partial charge in [-0.2, -0.15) is 0 Å². The van der Waals surface area contributed by atoms with Gasteiger partial charge in [0.25, 0.3) is 5.91 Å². The monoisotopic (exact) mass is 386 g/mol. The van der Waals surface area contributed by atoms with Crippen molar-refractivity contribution >= 4 is 34.2 Å². The lowest BCUT2D eigenvalue weighted by Gasteiger charge is -2.12. The molecule has 2 aromatic rings. The number of ether oxygens (including phenoxy) is 1. The van der Waals surface area contributed by atoms with Crippen molar-refractivity contribution in [1.29, 1.82) is 0 Å². The summed E-state index contributed by atoms with van der Waals surface area (Å²) in [6, 6.07) is 9.77. The molecule has 142 valence electrons. The minimum atomic E-state index is -0.808. The number of aryl methyl sites for hydroxylation is 2. The number of hydrogen-bond donors (Lipinski definition) is 2. The number of alkyl carbamates (subject to hydrolysis) is 1. The third-order valence-electron chi connectivity index (χ3n) is 4.54. The van der Waals surface area contributed by atoms with Crippen LogP contribution in [-0.2, 0) is 28.8 Å². The predicted octanol–water partition coefficient (Wildman–Crippen LogP) is 3.69. The molecule has 1 aliphatic carbocycles. The van der Waals surface area contributed by atoms with Crippen molar-refractivity contribution in [3.63, 3.8) is 0 Å². The molecule has 0 spiro atoms. The van der Waals surface area contributed by atoms with Gasteiger partial charge in [0.1, 0.15) is 5.00 Å². The Bertz CT molecular complexity index is 845. The van der Waals surface area contributed by atoms with Crippen LogP contribution in [0.3, 0.4) is 0 Å². The molecular weight excluding hydrogens is 364 g/mol. The summed E-state index contributed by atoms with van der Waals surface area (Å²) in [6.45, 7) is 0. The SMILES string of the molecule is COC(=O)NC(=O)c1c(NC(=O)CCc2ccccc2)sc2c1CCCC2. The number of hydrogen-bond acceptors (Lipinski definition) is 5. The van der Waals surface area contributed by atoms with Crippen LogP contribution in [0, 0.1) is 0 Å². The number of nitrogens with one attached hydrogen (secondary N) is 2. The molecule has 0 aliphatic heterocycles. The second kappa shape index (κ2) is 8.81. The summed E-state index contributed by atoms with van der Waals surface area (Å²) < 4.78 is 4.52. The van der Waals surface area contributed by atoms with Crippen LogP contribution in [0.1, 0.15) is 45.6 Å². The van der Waals surface area contributed by atoms with Gasteiger partial charge >= 0.3 is 6.09 Å². The van der Waals surface area contributed by atoms with Crippen LogP contribution in [0.4, 0.5) is 9.80 Å². The Hall–Kier alpha value is -2.67. The van der Waals surface area contributed by atoms with Crippen LogP contribution < -0.4 is 10.6 Å². The fraction of sp³-hybridized carbons (Fsp3) is 0.350. The lowest BCUT2D eigenvalue weighted by Crippen LogP contribution is -2.31. The first-order valence-corrected chi connectivity index (χ1v) is 9.77. The van der Waals surface area contributed by atoms with E-state index in [1.807, 2.05) is 30.3 Å². The summed E-state index contributed by atoms with van der Waals surface area (Å²) in [4.78, 5) is 37.5. The molecule has 3 rings (SSSR count). The summed E-state index contributed by atoms with van der Waals surface area (Å²) in [5.74, 6) is -0.677. The Kier molecular flexibility index (Phi) is 6.24. The number of carbonyl (C=O) groups is 3. The van der Waals surface area contributed by atoms with Gasteiger partial charge in [-0.15, -0.1) is 11.3 Å². The van der Waals surface area contributed by atoms with Crippen LogP contribution >= 0.6 is 11.3 Å². The molecule has 0 unspecified atom stereocenters. The smallest absolute Gasteiger partial charge is 0.413 e. The Morgan fingerprint density at radius 2 is 1.85 bits per heavy atom. The maximum atomic E-state index is 12.6. The molecule has 1 aromatic heterocycles. The molecule has 1 heterocycles. The van der Waals surface area contributed by atoms with E-state index < -0.39 is 12.0 Å². The zero-order valence-corrected chi connectivity index (χ0v) is 16.0. The number of anilines is 1. The van der Waals surface area contributed by atoms with Crippen molar-refractivity contribution in [1.82, 2.24) is 5.32 Å². The number of amides is 3. The first kappa shape index (κ1) is 19.1. The minimum absolute atomic E-state index is 0.149. The highest BCUT2D eigenvalue weighted by Gasteiger charge is 2.27. The van der Waals surface area contributed by atoms with E-state index in [2.05, 4.69) is 15.4 Å². The highest BCUT2D eigenvalue weighted by Crippen LogP contribution is 2.38. The second-order valence-electron chi connectivity index (χ2n) is 6.39. The number of carbonyl (C=O) groups excluding carboxylic acids is 3. The van der Waals surface area contributed by atoms with Crippen LogP contribution in [0.15, 0.2) is 30.3 Å². The van der Waals surface area contributed by atoms with E-state index >= 15 is 0 Å². The van der Waals surface area contributed by atoms with Crippen molar-refractivity contribution < 1.29 is 19.1 Å². The zero-order valence-electron chi connectivity index (χ0n) is 15.2. The number of benzene rings is 1. The van der Waals surface area contributed by atoms with E-state index in [0.717, 1.165) is 41.7 Å². The lowest BCUT2D eigenvalue weighted by atomic mass is 9.95. The second-order valence-corrected chi connectivity index (χ2v) is 7.50. The molecule has 0 saturated carbocycles. The van der Waals surface area contributed by atoms with Crippen molar-refractivity contribution in [3.05, 3.63) is 51.9 Å². The molecule has 2 N–H and O–H groups in total. The van der Waals surface area contributed by atoms with Crippen LogP contribution in [0.25, 0.3) is 0 Å². The largest absolute Gasteiger partial charge is 0.453 e. The van der Waals surface area contributed by atoms with E-state index in [9.17, 15) is 14.4 Å². The molecule has 6 nitrogen and oxygen atoms in total. The number of rotatable bonds is 5. The quantitative estimate of drug-likeness (QED) is 0.821. The standard InChI is InChI=1S/C20H22N2O4S/c1-26-20(25)22-18(24)17-14-9-5-6-10-15(14)27-19(17)21-16(23)12-11-13-7-3-2-4-8-13/h2-4,7-8H,5-6,9-12H2,1H3,(H,21,23)(H,22,24,25). The van der Waals surface area contributed by atoms with Gasteiger partial charge in [-0.1, -0.05) is 30.3 Å². The summed E-state index contributed by atoms with van der Waals surface area (Å²) in [7, 11) is 1.21. The molecule has 0 atom stereocenters. The van der Waals surface area contributed by atoms with E-state index in [0.29, 0.717) is 23.4 Å². The Balaban J connectivity index is 1.75. The van der Waals surface area contributed by atoms with Gasteiger partial charge in [-0.25, -0.2) is 4.79 Å². The van der Waals surface area contributed by atoms with Gasteiger partial charge in [-0.05, 0) is 43.2 Å². The van der Waals surface area contributed by atoms with Gasteiger partial charge in [0, 0.05) is 11.3 Å². The van der Waals surface area contributed by atoms with Gasteiger partial charge in [0.15, 0.2) is 0 Å². The molecular formula is C20H22N2O4S. The van der Waals surface area contributed by atoms with Crippen LogP contribution in [0.5, 0.6) is 0 Å². The first-order chi connectivity index (χ1) is 13.1. The number of methoxy groups -OCH3 is 1. The van der Waals surface area contributed by atoms with Crippen molar-refractivity contribution in [2.75, 3.05) is 12.4 Å². The summed E-state index contributed by atoms with van der Waals surface area (Å²) in [6.07, 6.45) is 3.86. The molecule has 7 heteroatoms. The van der Waals surface area contributed by atoms with Crippen molar-refractivity contribution in [2.45, 2.75) is 38.5 Å². The molecule has 1 aromatic carbocycles. The molecule has 27 heavy (non-hydrogen) atoms. The molecule has 1 aliphatic rings. The third kappa shape index (κ3) is 4.74. The zero-order chi connectivity index (χ0) is 19.2. The number of thiophene rings is 1. The van der Waals surface area contributed by atoms with Gasteiger partial charge in [0.05, 0.1) is 12.7 Å². The molecule has 0 bridgehead atoms. The summed E-state index contributed by atoms with van der Waals surface area (Å²) in [5.41, 5.74) is 2.42. The summed E-state index contributed by atoms with van der Waals surface area (Å²) >= 11 is 1.43. The Labute approximate surface area is 161 Å². The maximum absolute atomic E-state index is 12.6. The molecule has 0 fully saturated rings. The highest BCUT2D eigenvalue weighted by molar-refractivity contribution is 7.17. The van der Waals surface area contributed by atoms with Crippen molar-refractivity contribution in [2.24, 2.45) is 0 Å². The van der Waals surface area contributed by atoms with Gasteiger partial charge in [-0.3, -0.25) is 14.9 Å². The minimum Gasteiger partial charge on any atom is -0.453 e. The third-order valence-corrected chi connectivity index (χ3v) is 5.74. The predicted molar refractivity (Wildman–Crippen MR) is 104 cm³/mol. The number of fused-ring (bicyclic) bond motifs is 1. The van der Waals surface area contributed by atoms with Gasteiger partial charge in [0.2, 0.25) is 5.91 Å². The molecule has 0 radical (unpaired) electrons. The fourth-order valence-corrected chi connectivity index (χ4v) is 4.49.